The number of hydrogen-bond donors (Lipinski definition) is 1. The number of urea groups is 1. The Hall–Kier alpha value is -4.98. The number of para-hydroxylation sites is 2. The summed E-state index contributed by atoms with van der Waals surface area (Å²) in [6.07, 6.45) is 0.697. The number of nitrogens with zero attached hydrogens (tertiary/aromatic N) is 3. The number of benzene rings is 4. The van der Waals surface area contributed by atoms with Gasteiger partial charge in [-0.3, -0.25) is 19.1 Å². The Balaban J connectivity index is 1.64. The lowest BCUT2D eigenvalue weighted by molar-refractivity contribution is -0.143. The minimum atomic E-state index is -0.674. The van der Waals surface area contributed by atoms with E-state index in [9.17, 15) is 14.4 Å². The highest BCUT2D eigenvalue weighted by atomic mass is 16.5. The first kappa shape index (κ1) is 28.5. The maximum absolute atomic E-state index is 14.3. The molecule has 8 heteroatoms. The van der Waals surface area contributed by atoms with E-state index in [4.69, 9.17) is 9.72 Å². The first-order valence-electron chi connectivity index (χ1n) is 14.2. The minimum Gasteiger partial charge on any atom is -0.466 e. The van der Waals surface area contributed by atoms with E-state index in [1.165, 1.54) is 4.57 Å². The van der Waals surface area contributed by atoms with Gasteiger partial charge in [-0.1, -0.05) is 73.7 Å². The molecule has 1 unspecified atom stereocenters. The predicted molar refractivity (Wildman–Crippen MR) is 167 cm³/mol. The lowest BCUT2D eigenvalue weighted by atomic mass is 10.1. The van der Waals surface area contributed by atoms with Crippen LogP contribution in [0.5, 0.6) is 0 Å². The van der Waals surface area contributed by atoms with Crippen LogP contribution < -0.4 is 15.8 Å². The van der Waals surface area contributed by atoms with E-state index in [0.29, 0.717) is 34.5 Å². The molecular weight excluding hydrogens is 528 g/mol. The van der Waals surface area contributed by atoms with Gasteiger partial charge < -0.3 is 10.1 Å². The van der Waals surface area contributed by atoms with Gasteiger partial charge in [0, 0.05) is 17.6 Å². The highest BCUT2D eigenvalue weighted by Gasteiger charge is 2.29. The summed E-state index contributed by atoms with van der Waals surface area (Å²) in [6.45, 7) is 5.96. The fraction of sp³-hybridized carbons (Fsp3) is 0.235. The Bertz CT molecular complexity index is 1810. The molecule has 0 radical (unpaired) electrons. The van der Waals surface area contributed by atoms with Crippen LogP contribution in [0.1, 0.15) is 44.6 Å². The molecule has 1 aromatic heterocycles. The normalized spacial score (nSPS) is 11.8. The summed E-state index contributed by atoms with van der Waals surface area (Å²) in [7, 11) is 0. The first-order valence-corrected chi connectivity index (χ1v) is 14.2. The zero-order chi connectivity index (χ0) is 29.6. The van der Waals surface area contributed by atoms with Crippen molar-refractivity contribution in [1.29, 1.82) is 0 Å². The van der Waals surface area contributed by atoms with Crippen LogP contribution >= 0.6 is 0 Å². The summed E-state index contributed by atoms with van der Waals surface area (Å²) in [5.41, 5.74) is 2.61. The van der Waals surface area contributed by atoms with E-state index < -0.39 is 12.0 Å². The monoisotopic (exact) mass is 562 g/mol. The van der Waals surface area contributed by atoms with Crippen molar-refractivity contribution < 1.29 is 14.3 Å². The van der Waals surface area contributed by atoms with Crippen molar-refractivity contribution in [3.63, 3.8) is 0 Å². The highest BCUT2D eigenvalue weighted by molar-refractivity contribution is 6.08. The largest absolute Gasteiger partial charge is 0.466 e. The smallest absolute Gasteiger partial charge is 0.327 e. The molecule has 5 rings (SSSR count). The standard InChI is InChI=1S/C34H34N4O4/c1-4-24-13-7-11-20-30(24)38(34(41)36-28-19-12-15-25-14-6-8-16-26(25)28)23(3)32-35-29-18-10-9-17-27(29)33(40)37(32)22-21-31(39)42-5-2/h6-20,23H,4-5,21-22H2,1-3H3,(H,36,41). The SMILES string of the molecule is CCOC(=O)CCn1c(C(C)N(C(=O)Nc2cccc3ccccc23)c2ccccc2CC)nc2ccccc2c1=O. The third-order valence-electron chi connectivity index (χ3n) is 7.38. The van der Waals surface area contributed by atoms with Gasteiger partial charge in [-0.2, -0.15) is 0 Å². The molecule has 5 aromatic rings. The van der Waals surface area contributed by atoms with E-state index in [1.807, 2.05) is 86.6 Å². The Morgan fingerprint density at radius 2 is 1.60 bits per heavy atom. The number of fused-ring (bicyclic) bond motifs is 2. The summed E-state index contributed by atoms with van der Waals surface area (Å²) >= 11 is 0. The molecule has 1 heterocycles. The van der Waals surface area contributed by atoms with E-state index >= 15 is 0 Å². The first-order chi connectivity index (χ1) is 20.4. The Morgan fingerprint density at radius 1 is 0.905 bits per heavy atom. The number of amides is 2. The van der Waals surface area contributed by atoms with Crippen molar-refractivity contribution in [2.75, 3.05) is 16.8 Å². The fourth-order valence-corrected chi connectivity index (χ4v) is 5.32. The predicted octanol–water partition coefficient (Wildman–Crippen LogP) is 6.87. The number of rotatable bonds is 9. The van der Waals surface area contributed by atoms with Gasteiger partial charge in [-0.15, -0.1) is 0 Å². The molecule has 214 valence electrons. The zero-order valence-electron chi connectivity index (χ0n) is 24.0. The molecule has 0 spiro atoms. The van der Waals surface area contributed by atoms with Gasteiger partial charge in [-0.05, 0) is 55.5 Å². The number of hydrogen-bond acceptors (Lipinski definition) is 5. The van der Waals surface area contributed by atoms with Crippen LogP contribution in [0, 0.1) is 0 Å². The minimum absolute atomic E-state index is 0.00123. The van der Waals surface area contributed by atoms with E-state index in [2.05, 4.69) is 5.32 Å². The fourth-order valence-electron chi connectivity index (χ4n) is 5.32. The van der Waals surface area contributed by atoms with Crippen LogP contribution in [0.2, 0.25) is 0 Å². The number of carbonyl (C=O) groups excluding carboxylic acids is 2. The number of aryl methyl sites for hydroxylation is 1. The van der Waals surface area contributed by atoms with Gasteiger partial charge in [0.1, 0.15) is 5.82 Å². The molecule has 0 saturated carbocycles. The number of ether oxygens (including phenoxy) is 1. The van der Waals surface area contributed by atoms with Crippen molar-refractivity contribution in [2.24, 2.45) is 0 Å². The van der Waals surface area contributed by atoms with Crippen molar-refractivity contribution in [3.05, 3.63) is 113 Å². The van der Waals surface area contributed by atoms with E-state index in [0.717, 1.165) is 16.3 Å². The van der Waals surface area contributed by atoms with Crippen LogP contribution in [0.15, 0.2) is 95.8 Å². The van der Waals surface area contributed by atoms with Crippen LogP contribution in [0.4, 0.5) is 16.2 Å². The summed E-state index contributed by atoms with van der Waals surface area (Å²) in [6, 6.07) is 27.4. The van der Waals surface area contributed by atoms with Gasteiger partial charge in [0.15, 0.2) is 0 Å². The van der Waals surface area contributed by atoms with Gasteiger partial charge in [0.05, 0.1) is 35.7 Å². The average Bonchev–Trinajstić information content (AvgIpc) is 3.01. The Labute approximate surface area is 244 Å². The van der Waals surface area contributed by atoms with E-state index in [-0.39, 0.29) is 31.2 Å². The Kier molecular flexibility index (Phi) is 8.62. The number of anilines is 2. The maximum atomic E-state index is 14.3. The van der Waals surface area contributed by atoms with Gasteiger partial charge >= 0.3 is 12.0 Å². The summed E-state index contributed by atoms with van der Waals surface area (Å²) < 4.78 is 6.63. The second-order valence-electron chi connectivity index (χ2n) is 9.98. The van der Waals surface area contributed by atoms with Crippen molar-refractivity contribution in [2.45, 2.75) is 46.2 Å². The average molecular weight is 563 g/mol. The maximum Gasteiger partial charge on any atom is 0.327 e. The molecular formula is C34H34N4O4. The number of esters is 1. The Morgan fingerprint density at radius 3 is 2.38 bits per heavy atom. The quantitative estimate of drug-likeness (QED) is 0.198. The van der Waals surface area contributed by atoms with Crippen molar-refractivity contribution in [3.8, 4) is 0 Å². The van der Waals surface area contributed by atoms with Crippen LogP contribution in [-0.4, -0.2) is 28.2 Å². The van der Waals surface area contributed by atoms with Gasteiger partial charge in [-0.25, -0.2) is 9.78 Å². The summed E-state index contributed by atoms with van der Waals surface area (Å²) in [4.78, 5) is 46.9. The van der Waals surface area contributed by atoms with Crippen LogP contribution in [-0.2, 0) is 22.5 Å². The molecule has 0 aliphatic heterocycles. The lowest BCUT2D eigenvalue weighted by Crippen LogP contribution is -2.41. The number of aromatic nitrogens is 2. The molecule has 0 bridgehead atoms. The molecule has 2 amide bonds. The number of carbonyl (C=O) groups is 2. The third-order valence-corrected chi connectivity index (χ3v) is 7.38. The highest BCUT2D eigenvalue weighted by Crippen LogP contribution is 2.32. The molecule has 4 aromatic carbocycles. The van der Waals surface area contributed by atoms with E-state index in [1.54, 1.807) is 30.0 Å². The molecule has 0 fully saturated rings. The van der Waals surface area contributed by atoms with Crippen LogP contribution in [0.25, 0.3) is 21.7 Å². The molecule has 1 N–H and O–H groups in total. The molecule has 0 aliphatic carbocycles. The zero-order valence-corrected chi connectivity index (χ0v) is 24.0. The van der Waals surface area contributed by atoms with Crippen molar-refractivity contribution >= 4 is 45.1 Å². The second-order valence-corrected chi connectivity index (χ2v) is 9.98. The molecule has 8 nitrogen and oxygen atoms in total. The van der Waals surface area contributed by atoms with Crippen molar-refractivity contribution in [1.82, 2.24) is 9.55 Å². The van der Waals surface area contributed by atoms with Gasteiger partial charge in [0.2, 0.25) is 0 Å². The lowest BCUT2D eigenvalue weighted by Gasteiger charge is -2.32. The number of nitrogens with one attached hydrogen (secondary N) is 1. The van der Waals surface area contributed by atoms with Gasteiger partial charge in [0.25, 0.3) is 5.56 Å². The topological polar surface area (TPSA) is 93.5 Å². The second kappa shape index (κ2) is 12.7. The molecule has 0 saturated heterocycles. The third kappa shape index (κ3) is 5.74. The molecule has 1 atom stereocenters. The molecule has 0 aliphatic rings. The van der Waals surface area contributed by atoms with Crippen LogP contribution in [0.3, 0.4) is 0 Å². The summed E-state index contributed by atoms with van der Waals surface area (Å²) in [5, 5.41) is 5.49. The summed E-state index contributed by atoms with van der Waals surface area (Å²) in [5.74, 6) is -0.0278. The molecule has 42 heavy (non-hydrogen) atoms.